The normalized spacial score (nSPS) is 11.1. The van der Waals surface area contributed by atoms with E-state index in [1.807, 2.05) is 12.1 Å². The van der Waals surface area contributed by atoms with Gasteiger partial charge in [0.1, 0.15) is 0 Å². The maximum absolute atomic E-state index is 11.4. The van der Waals surface area contributed by atoms with Crippen molar-refractivity contribution in [3.63, 3.8) is 0 Å². The maximum atomic E-state index is 11.4. The number of imidazole rings is 1. The van der Waals surface area contributed by atoms with Gasteiger partial charge < -0.3 is 10.7 Å². The van der Waals surface area contributed by atoms with Gasteiger partial charge in [-0.25, -0.2) is 4.79 Å². The molecule has 0 unspecified atom stereocenters. The van der Waals surface area contributed by atoms with E-state index in [1.165, 1.54) is 0 Å². The monoisotopic (exact) mass is 269 g/mol. The molecule has 0 saturated carbocycles. The van der Waals surface area contributed by atoms with E-state index in [0.29, 0.717) is 6.54 Å². The number of halogens is 1. The van der Waals surface area contributed by atoms with Crippen molar-refractivity contribution >= 4 is 27.0 Å². The minimum Gasteiger partial charge on any atom is -0.330 e. The van der Waals surface area contributed by atoms with Crippen LogP contribution in [0.15, 0.2) is 21.4 Å². The zero-order chi connectivity index (χ0) is 11.0. The number of aryl methyl sites for hydroxylation is 1. The molecule has 2 aromatic rings. The van der Waals surface area contributed by atoms with Crippen LogP contribution in [-0.4, -0.2) is 16.1 Å². The lowest BCUT2D eigenvalue weighted by molar-refractivity contribution is 0.889. The first-order valence-corrected chi connectivity index (χ1v) is 5.50. The third-order valence-electron chi connectivity index (χ3n) is 2.49. The summed E-state index contributed by atoms with van der Waals surface area (Å²) in [6, 6.07) is 3.91. The van der Waals surface area contributed by atoms with Crippen LogP contribution in [0.4, 0.5) is 0 Å². The lowest BCUT2D eigenvalue weighted by Crippen LogP contribution is -2.11. The summed E-state index contributed by atoms with van der Waals surface area (Å²) in [6.45, 7) is 0.600. The Bertz CT molecular complexity index is 556. The van der Waals surface area contributed by atoms with E-state index in [4.69, 9.17) is 5.73 Å². The number of aromatic nitrogens is 2. The maximum Gasteiger partial charge on any atom is 0.326 e. The van der Waals surface area contributed by atoms with E-state index in [0.717, 1.165) is 27.5 Å². The number of rotatable bonds is 2. The van der Waals surface area contributed by atoms with E-state index in [1.54, 1.807) is 11.6 Å². The zero-order valence-electron chi connectivity index (χ0n) is 8.38. The van der Waals surface area contributed by atoms with Gasteiger partial charge in [-0.3, -0.25) is 4.57 Å². The lowest BCUT2D eigenvalue weighted by atomic mass is 10.1. The number of H-pyrrole nitrogens is 1. The smallest absolute Gasteiger partial charge is 0.326 e. The van der Waals surface area contributed by atoms with Crippen molar-refractivity contribution in [2.75, 3.05) is 6.54 Å². The number of hydrogen-bond donors (Lipinski definition) is 2. The average Bonchev–Trinajstić information content (AvgIpc) is 2.45. The SMILES string of the molecule is Cn1c(=O)[nH]c2cc(Br)c(CCN)cc21. The topological polar surface area (TPSA) is 63.8 Å². The van der Waals surface area contributed by atoms with Crippen molar-refractivity contribution in [3.8, 4) is 0 Å². The number of nitrogens with two attached hydrogens (primary N) is 1. The Labute approximate surface area is 95.2 Å². The summed E-state index contributed by atoms with van der Waals surface area (Å²) in [5.74, 6) is 0. The molecule has 2 rings (SSSR count). The second-order valence-electron chi connectivity index (χ2n) is 3.49. The van der Waals surface area contributed by atoms with E-state index in [2.05, 4.69) is 20.9 Å². The van der Waals surface area contributed by atoms with E-state index >= 15 is 0 Å². The van der Waals surface area contributed by atoms with Crippen LogP contribution in [0.25, 0.3) is 11.0 Å². The molecule has 0 spiro atoms. The first-order valence-electron chi connectivity index (χ1n) is 4.70. The molecule has 15 heavy (non-hydrogen) atoms. The van der Waals surface area contributed by atoms with Crippen LogP contribution in [0.3, 0.4) is 0 Å². The second kappa shape index (κ2) is 3.83. The number of nitrogens with zero attached hydrogens (tertiary/aromatic N) is 1. The molecule has 0 aliphatic carbocycles. The summed E-state index contributed by atoms with van der Waals surface area (Å²) >= 11 is 3.47. The molecule has 1 aromatic carbocycles. The molecular weight excluding hydrogens is 258 g/mol. The Kier molecular flexibility index (Phi) is 2.67. The van der Waals surface area contributed by atoms with Gasteiger partial charge in [0.05, 0.1) is 11.0 Å². The van der Waals surface area contributed by atoms with Crippen LogP contribution in [0.1, 0.15) is 5.56 Å². The first-order chi connectivity index (χ1) is 7.13. The van der Waals surface area contributed by atoms with Crippen molar-refractivity contribution in [3.05, 3.63) is 32.7 Å². The Morgan fingerprint density at radius 1 is 1.53 bits per heavy atom. The molecule has 0 saturated heterocycles. The highest BCUT2D eigenvalue weighted by Crippen LogP contribution is 2.22. The molecule has 80 valence electrons. The van der Waals surface area contributed by atoms with Crippen molar-refractivity contribution in [2.45, 2.75) is 6.42 Å². The number of aromatic amines is 1. The minimum absolute atomic E-state index is 0.0956. The molecule has 0 bridgehead atoms. The summed E-state index contributed by atoms with van der Waals surface area (Å²) < 4.78 is 2.59. The molecule has 0 fully saturated rings. The van der Waals surface area contributed by atoms with Crippen molar-refractivity contribution in [2.24, 2.45) is 12.8 Å². The summed E-state index contributed by atoms with van der Waals surface area (Å²) in [5.41, 5.74) is 8.30. The molecule has 5 heteroatoms. The quantitative estimate of drug-likeness (QED) is 0.859. The van der Waals surface area contributed by atoms with Crippen LogP contribution in [-0.2, 0) is 13.5 Å². The second-order valence-corrected chi connectivity index (χ2v) is 4.34. The number of benzene rings is 1. The van der Waals surface area contributed by atoms with E-state index in [-0.39, 0.29) is 5.69 Å². The van der Waals surface area contributed by atoms with Crippen LogP contribution in [0.5, 0.6) is 0 Å². The molecule has 1 aromatic heterocycles. The molecule has 0 aliphatic rings. The predicted octanol–water partition coefficient (Wildman–Crippen LogP) is 1.13. The molecule has 3 N–H and O–H groups in total. The Morgan fingerprint density at radius 3 is 2.93 bits per heavy atom. The average molecular weight is 270 g/mol. The standard InChI is InChI=1S/C10H12BrN3O/c1-14-9-4-6(2-3-12)7(11)5-8(9)13-10(14)15/h4-5H,2-3,12H2,1H3,(H,13,15). The summed E-state index contributed by atoms with van der Waals surface area (Å²) in [4.78, 5) is 14.2. The molecular formula is C10H12BrN3O. The summed E-state index contributed by atoms with van der Waals surface area (Å²) in [7, 11) is 1.75. The Morgan fingerprint density at radius 2 is 2.27 bits per heavy atom. The van der Waals surface area contributed by atoms with Crippen molar-refractivity contribution in [1.82, 2.24) is 9.55 Å². The van der Waals surface area contributed by atoms with Gasteiger partial charge in [-0.15, -0.1) is 0 Å². The van der Waals surface area contributed by atoms with Gasteiger partial charge in [0.15, 0.2) is 0 Å². The van der Waals surface area contributed by atoms with Gasteiger partial charge >= 0.3 is 5.69 Å². The number of hydrogen-bond acceptors (Lipinski definition) is 2. The molecule has 0 aliphatic heterocycles. The largest absolute Gasteiger partial charge is 0.330 e. The zero-order valence-corrected chi connectivity index (χ0v) is 9.97. The predicted molar refractivity (Wildman–Crippen MR) is 64.0 cm³/mol. The van der Waals surface area contributed by atoms with Gasteiger partial charge in [0.25, 0.3) is 0 Å². The van der Waals surface area contributed by atoms with Crippen LogP contribution < -0.4 is 11.4 Å². The minimum atomic E-state index is -0.0956. The third kappa shape index (κ3) is 1.72. The van der Waals surface area contributed by atoms with E-state index in [9.17, 15) is 4.79 Å². The third-order valence-corrected chi connectivity index (χ3v) is 3.22. The summed E-state index contributed by atoms with van der Waals surface area (Å²) in [5, 5.41) is 0. The number of nitrogens with one attached hydrogen (secondary N) is 1. The Balaban J connectivity index is 2.71. The van der Waals surface area contributed by atoms with Crippen LogP contribution in [0.2, 0.25) is 0 Å². The highest BCUT2D eigenvalue weighted by molar-refractivity contribution is 9.10. The van der Waals surface area contributed by atoms with Gasteiger partial charge in [-0.2, -0.15) is 0 Å². The van der Waals surface area contributed by atoms with Crippen molar-refractivity contribution in [1.29, 1.82) is 0 Å². The molecule has 0 atom stereocenters. The van der Waals surface area contributed by atoms with Crippen LogP contribution in [0, 0.1) is 0 Å². The summed E-state index contributed by atoms with van der Waals surface area (Å²) in [6.07, 6.45) is 0.801. The molecule has 0 amide bonds. The van der Waals surface area contributed by atoms with E-state index < -0.39 is 0 Å². The highest BCUT2D eigenvalue weighted by Gasteiger charge is 2.07. The molecule has 1 heterocycles. The Hall–Kier alpha value is -1.07. The molecule has 0 radical (unpaired) electrons. The van der Waals surface area contributed by atoms with Gasteiger partial charge in [0, 0.05) is 11.5 Å². The fourth-order valence-corrected chi connectivity index (χ4v) is 2.18. The first kappa shape index (κ1) is 10.4. The van der Waals surface area contributed by atoms with Gasteiger partial charge in [-0.1, -0.05) is 15.9 Å². The van der Waals surface area contributed by atoms with Crippen LogP contribution >= 0.6 is 15.9 Å². The van der Waals surface area contributed by atoms with Crippen molar-refractivity contribution < 1.29 is 0 Å². The van der Waals surface area contributed by atoms with Gasteiger partial charge in [0.2, 0.25) is 0 Å². The highest BCUT2D eigenvalue weighted by atomic mass is 79.9. The lowest BCUT2D eigenvalue weighted by Gasteiger charge is -2.03. The number of fused-ring (bicyclic) bond motifs is 1. The fraction of sp³-hybridized carbons (Fsp3) is 0.300. The molecule has 4 nitrogen and oxygen atoms in total. The van der Waals surface area contributed by atoms with Gasteiger partial charge in [-0.05, 0) is 30.7 Å². The fourth-order valence-electron chi connectivity index (χ4n) is 1.64.